The van der Waals surface area contributed by atoms with Crippen molar-refractivity contribution in [1.29, 1.82) is 0 Å². The third-order valence-electron chi connectivity index (χ3n) is 2.94. The molecule has 0 fully saturated rings. The average Bonchev–Trinajstić information content (AvgIpc) is 2.31. The maximum atomic E-state index is 10.8. The highest BCUT2D eigenvalue weighted by atomic mass is 35.5. The monoisotopic (exact) mass is 220 g/mol. The molecule has 0 spiro atoms. The number of hydrogen-bond donors (Lipinski definition) is 0. The molecule has 1 aromatic carbocycles. The second kappa shape index (κ2) is 4.63. The molecule has 0 saturated carbocycles. The molecule has 1 atom stereocenters. The Morgan fingerprint density at radius 2 is 2.00 bits per heavy atom. The normalized spacial score (nSPS) is 21.5. The number of allylic oxidation sites excluding steroid dienone is 2. The molecule has 1 unspecified atom stereocenters. The minimum Gasteiger partial charge on any atom is -0.298 e. The number of carbonyl (C=O) groups is 1. The predicted octanol–water partition coefficient (Wildman–Crippen LogP) is 3.65. The number of aldehydes is 1. The molecule has 0 aromatic heterocycles. The molecule has 2 heteroatoms. The number of carbonyl (C=O) groups excluding carboxylic acids is 1. The van der Waals surface area contributed by atoms with E-state index >= 15 is 0 Å². The van der Waals surface area contributed by atoms with Gasteiger partial charge in [-0.05, 0) is 30.7 Å². The molecule has 1 aliphatic rings. The zero-order valence-corrected chi connectivity index (χ0v) is 9.20. The summed E-state index contributed by atoms with van der Waals surface area (Å²) in [5, 5.41) is 0.747. The quantitative estimate of drug-likeness (QED) is 0.696. The van der Waals surface area contributed by atoms with E-state index in [0.29, 0.717) is 5.92 Å². The van der Waals surface area contributed by atoms with Gasteiger partial charge in [0.2, 0.25) is 0 Å². The SMILES string of the molecule is O=CC1=C(Cl)CCC(c2ccccc2)C1. The molecule has 0 amide bonds. The fourth-order valence-electron chi connectivity index (χ4n) is 2.06. The first kappa shape index (κ1) is 10.4. The topological polar surface area (TPSA) is 17.1 Å². The van der Waals surface area contributed by atoms with E-state index in [4.69, 9.17) is 11.6 Å². The molecule has 0 saturated heterocycles. The van der Waals surface area contributed by atoms with Crippen molar-refractivity contribution >= 4 is 17.9 Å². The highest BCUT2D eigenvalue weighted by Crippen LogP contribution is 2.36. The second-order valence-corrected chi connectivity index (χ2v) is 4.35. The number of rotatable bonds is 2. The Morgan fingerprint density at radius 1 is 1.27 bits per heavy atom. The summed E-state index contributed by atoms with van der Waals surface area (Å²) in [5.74, 6) is 0.453. The largest absolute Gasteiger partial charge is 0.298 e. The molecule has 0 radical (unpaired) electrons. The van der Waals surface area contributed by atoms with Gasteiger partial charge in [0.15, 0.2) is 0 Å². The van der Waals surface area contributed by atoms with E-state index in [1.54, 1.807) is 0 Å². The van der Waals surface area contributed by atoms with Gasteiger partial charge in [0, 0.05) is 10.6 Å². The van der Waals surface area contributed by atoms with Gasteiger partial charge in [-0.3, -0.25) is 4.79 Å². The number of hydrogen-bond acceptors (Lipinski definition) is 1. The van der Waals surface area contributed by atoms with Gasteiger partial charge >= 0.3 is 0 Å². The highest BCUT2D eigenvalue weighted by Gasteiger charge is 2.20. The van der Waals surface area contributed by atoms with Gasteiger partial charge in [0.25, 0.3) is 0 Å². The van der Waals surface area contributed by atoms with Crippen molar-refractivity contribution in [3.8, 4) is 0 Å². The van der Waals surface area contributed by atoms with E-state index in [1.165, 1.54) is 5.56 Å². The minimum atomic E-state index is 0.453. The van der Waals surface area contributed by atoms with E-state index in [1.807, 2.05) is 18.2 Å². The van der Waals surface area contributed by atoms with E-state index < -0.39 is 0 Å². The molecule has 0 heterocycles. The van der Waals surface area contributed by atoms with E-state index in [-0.39, 0.29) is 0 Å². The maximum absolute atomic E-state index is 10.8. The Kier molecular flexibility index (Phi) is 3.22. The van der Waals surface area contributed by atoms with Crippen LogP contribution in [0.25, 0.3) is 0 Å². The van der Waals surface area contributed by atoms with Crippen molar-refractivity contribution in [1.82, 2.24) is 0 Å². The molecular weight excluding hydrogens is 208 g/mol. The Labute approximate surface area is 94.8 Å². The summed E-state index contributed by atoms with van der Waals surface area (Å²) in [6, 6.07) is 10.3. The predicted molar refractivity (Wildman–Crippen MR) is 62.0 cm³/mol. The Bertz CT molecular complexity index is 381. The summed E-state index contributed by atoms with van der Waals surface area (Å²) in [4.78, 5) is 10.8. The summed E-state index contributed by atoms with van der Waals surface area (Å²) < 4.78 is 0. The van der Waals surface area contributed by atoms with Gasteiger partial charge < -0.3 is 0 Å². The van der Waals surface area contributed by atoms with Crippen LogP contribution in [0.2, 0.25) is 0 Å². The van der Waals surface area contributed by atoms with Crippen LogP contribution in [0.4, 0.5) is 0 Å². The van der Waals surface area contributed by atoms with Gasteiger partial charge in [-0.1, -0.05) is 41.9 Å². The molecule has 2 rings (SSSR count). The zero-order valence-electron chi connectivity index (χ0n) is 8.45. The lowest BCUT2D eigenvalue weighted by Gasteiger charge is -2.22. The third kappa shape index (κ3) is 2.29. The Balaban J connectivity index is 2.19. The summed E-state index contributed by atoms with van der Waals surface area (Å²) >= 11 is 5.98. The molecule has 1 aromatic rings. The van der Waals surface area contributed by atoms with Crippen molar-refractivity contribution in [2.45, 2.75) is 25.2 Å². The Hall–Kier alpha value is -1.08. The van der Waals surface area contributed by atoms with Gasteiger partial charge in [0.05, 0.1) is 0 Å². The fraction of sp³-hybridized carbons (Fsp3) is 0.308. The molecule has 0 N–H and O–H groups in total. The van der Waals surface area contributed by atoms with Crippen LogP contribution in [0.3, 0.4) is 0 Å². The number of halogens is 1. The standard InChI is InChI=1S/C13H13ClO/c14-13-7-6-11(8-12(13)9-15)10-4-2-1-3-5-10/h1-5,9,11H,6-8H2. The third-order valence-corrected chi connectivity index (χ3v) is 3.37. The smallest absolute Gasteiger partial charge is 0.147 e. The summed E-state index contributed by atoms with van der Waals surface area (Å²) in [5.41, 5.74) is 2.08. The lowest BCUT2D eigenvalue weighted by molar-refractivity contribution is -0.105. The summed E-state index contributed by atoms with van der Waals surface area (Å²) in [7, 11) is 0. The van der Waals surface area contributed by atoms with Crippen LogP contribution in [-0.4, -0.2) is 6.29 Å². The van der Waals surface area contributed by atoms with E-state index in [9.17, 15) is 4.79 Å². The first-order valence-corrected chi connectivity index (χ1v) is 5.56. The minimum absolute atomic E-state index is 0.453. The lowest BCUT2D eigenvalue weighted by Crippen LogP contribution is -2.08. The Morgan fingerprint density at radius 3 is 2.67 bits per heavy atom. The van der Waals surface area contributed by atoms with Crippen molar-refractivity contribution in [2.24, 2.45) is 0 Å². The lowest BCUT2D eigenvalue weighted by atomic mass is 9.84. The van der Waals surface area contributed by atoms with Crippen LogP contribution >= 0.6 is 11.6 Å². The van der Waals surface area contributed by atoms with Crippen LogP contribution in [0.15, 0.2) is 40.9 Å². The van der Waals surface area contributed by atoms with Crippen molar-refractivity contribution < 1.29 is 4.79 Å². The number of benzene rings is 1. The van der Waals surface area contributed by atoms with Crippen LogP contribution in [0.5, 0.6) is 0 Å². The van der Waals surface area contributed by atoms with Gasteiger partial charge in [0.1, 0.15) is 6.29 Å². The molecule has 1 aliphatic carbocycles. The van der Waals surface area contributed by atoms with Crippen LogP contribution in [0, 0.1) is 0 Å². The van der Waals surface area contributed by atoms with Crippen LogP contribution in [-0.2, 0) is 4.79 Å². The first-order valence-electron chi connectivity index (χ1n) is 5.19. The van der Waals surface area contributed by atoms with Gasteiger partial charge in [-0.25, -0.2) is 0 Å². The fourth-order valence-corrected chi connectivity index (χ4v) is 2.29. The van der Waals surface area contributed by atoms with Crippen molar-refractivity contribution in [3.05, 3.63) is 46.5 Å². The molecule has 78 valence electrons. The van der Waals surface area contributed by atoms with Gasteiger partial charge in [-0.15, -0.1) is 0 Å². The molecule has 0 bridgehead atoms. The molecular formula is C13H13ClO. The zero-order chi connectivity index (χ0) is 10.7. The summed E-state index contributed by atoms with van der Waals surface area (Å²) in [6.07, 6.45) is 3.55. The van der Waals surface area contributed by atoms with Gasteiger partial charge in [-0.2, -0.15) is 0 Å². The van der Waals surface area contributed by atoms with Crippen molar-refractivity contribution in [3.63, 3.8) is 0 Å². The maximum Gasteiger partial charge on any atom is 0.147 e. The van der Waals surface area contributed by atoms with E-state index in [2.05, 4.69) is 12.1 Å². The average molecular weight is 221 g/mol. The van der Waals surface area contributed by atoms with Crippen molar-refractivity contribution in [2.75, 3.05) is 0 Å². The van der Waals surface area contributed by atoms with E-state index in [0.717, 1.165) is 36.2 Å². The summed E-state index contributed by atoms with van der Waals surface area (Å²) in [6.45, 7) is 0. The molecule has 1 nitrogen and oxygen atoms in total. The van der Waals surface area contributed by atoms with Crippen LogP contribution < -0.4 is 0 Å². The molecule has 0 aliphatic heterocycles. The molecule has 15 heavy (non-hydrogen) atoms. The second-order valence-electron chi connectivity index (χ2n) is 3.90. The first-order chi connectivity index (χ1) is 7.31. The van der Waals surface area contributed by atoms with Crippen LogP contribution in [0.1, 0.15) is 30.7 Å². The highest BCUT2D eigenvalue weighted by molar-refractivity contribution is 6.31.